The van der Waals surface area contributed by atoms with Gasteiger partial charge in [0, 0.05) is 23.9 Å². The lowest BCUT2D eigenvalue weighted by Crippen LogP contribution is -2.39. The van der Waals surface area contributed by atoms with Crippen molar-refractivity contribution in [1.82, 2.24) is 10.3 Å². The van der Waals surface area contributed by atoms with E-state index in [0.717, 1.165) is 24.3 Å². The van der Waals surface area contributed by atoms with Crippen molar-refractivity contribution >= 4 is 0 Å². The standard InChI is InChI=1S/C19H28N2/c1-2-20-19(17-14-9-3-4-10-15(14)17)16-11-5-7-13-8-6-12-21-18(13)16/h6,8,12,14-17,19-20H,2-5,7,9-11H2,1H3. The lowest BCUT2D eigenvalue weighted by molar-refractivity contribution is 0.338. The molecule has 1 aromatic rings. The topological polar surface area (TPSA) is 24.9 Å². The Morgan fingerprint density at radius 1 is 1.19 bits per heavy atom. The minimum absolute atomic E-state index is 0.658. The van der Waals surface area contributed by atoms with Gasteiger partial charge in [0.15, 0.2) is 0 Å². The maximum Gasteiger partial charge on any atom is 0.0482 e. The van der Waals surface area contributed by atoms with Crippen molar-refractivity contribution in [1.29, 1.82) is 0 Å². The monoisotopic (exact) mass is 284 g/mol. The minimum Gasteiger partial charge on any atom is -0.313 e. The van der Waals surface area contributed by atoms with E-state index in [4.69, 9.17) is 4.98 Å². The van der Waals surface area contributed by atoms with Crippen LogP contribution in [0.4, 0.5) is 0 Å². The van der Waals surface area contributed by atoms with Gasteiger partial charge in [-0.05, 0) is 68.0 Å². The molecule has 0 bridgehead atoms. The summed E-state index contributed by atoms with van der Waals surface area (Å²) in [4.78, 5) is 4.79. The molecule has 2 saturated carbocycles. The zero-order valence-electron chi connectivity index (χ0n) is 13.2. The highest BCUT2D eigenvalue weighted by atomic mass is 15.0. The predicted octanol–water partition coefficient (Wildman–Crippen LogP) is 3.92. The van der Waals surface area contributed by atoms with Gasteiger partial charge in [0.2, 0.25) is 0 Å². The van der Waals surface area contributed by atoms with Gasteiger partial charge >= 0.3 is 0 Å². The Bertz CT molecular complexity index is 486. The Hall–Kier alpha value is -0.890. The van der Waals surface area contributed by atoms with Crippen molar-refractivity contribution in [3.05, 3.63) is 29.6 Å². The van der Waals surface area contributed by atoms with Crippen LogP contribution < -0.4 is 5.32 Å². The Balaban J connectivity index is 1.60. The number of aryl methyl sites for hydroxylation is 1. The van der Waals surface area contributed by atoms with Crippen LogP contribution in [0.25, 0.3) is 0 Å². The Kier molecular flexibility index (Phi) is 3.74. The number of nitrogens with zero attached hydrogens (tertiary/aromatic N) is 1. The summed E-state index contributed by atoms with van der Waals surface area (Å²) in [7, 11) is 0. The number of pyridine rings is 1. The number of hydrogen-bond acceptors (Lipinski definition) is 2. The third-order valence-electron chi connectivity index (χ3n) is 6.25. The third kappa shape index (κ3) is 2.42. The summed E-state index contributed by atoms with van der Waals surface area (Å²) in [6.45, 7) is 3.36. The van der Waals surface area contributed by atoms with Gasteiger partial charge in [0.05, 0.1) is 0 Å². The molecule has 3 aliphatic carbocycles. The zero-order valence-corrected chi connectivity index (χ0v) is 13.2. The molecule has 1 N–H and O–H groups in total. The second-order valence-corrected chi connectivity index (χ2v) is 7.32. The molecule has 4 rings (SSSR count). The molecule has 21 heavy (non-hydrogen) atoms. The van der Waals surface area contributed by atoms with Crippen LogP contribution in [0.15, 0.2) is 18.3 Å². The zero-order chi connectivity index (χ0) is 14.2. The average molecular weight is 284 g/mol. The van der Waals surface area contributed by atoms with Crippen LogP contribution >= 0.6 is 0 Å². The van der Waals surface area contributed by atoms with E-state index in [1.807, 2.05) is 6.20 Å². The predicted molar refractivity (Wildman–Crippen MR) is 86.3 cm³/mol. The molecule has 3 aliphatic rings. The summed E-state index contributed by atoms with van der Waals surface area (Å²) in [5.74, 6) is 3.64. The molecule has 2 heteroatoms. The minimum atomic E-state index is 0.658. The fraction of sp³-hybridized carbons (Fsp3) is 0.737. The average Bonchev–Trinajstić information content (AvgIpc) is 3.26. The summed E-state index contributed by atoms with van der Waals surface area (Å²) < 4.78 is 0. The van der Waals surface area contributed by atoms with E-state index in [9.17, 15) is 0 Å². The van der Waals surface area contributed by atoms with Gasteiger partial charge in [-0.1, -0.05) is 25.8 Å². The van der Waals surface area contributed by atoms with Crippen molar-refractivity contribution in [2.24, 2.45) is 17.8 Å². The van der Waals surface area contributed by atoms with Crippen LogP contribution in [-0.2, 0) is 6.42 Å². The van der Waals surface area contributed by atoms with Crippen LogP contribution in [0.2, 0.25) is 0 Å². The highest BCUT2D eigenvalue weighted by Gasteiger charge is 2.55. The molecule has 0 spiro atoms. The number of likely N-dealkylation sites (N-methyl/N-ethyl adjacent to an activating group) is 1. The first-order chi connectivity index (χ1) is 10.4. The van der Waals surface area contributed by atoms with E-state index in [1.165, 1.54) is 56.2 Å². The summed E-state index contributed by atoms with van der Waals surface area (Å²) in [6, 6.07) is 5.09. The van der Waals surface area contributed by atoms with E-state index < -0.39 is 0 Å². The van der Waals surface area contributed by atoms with Gasteiger partial charge in [0.25, 0.3) is 0 Å². The lowest BCUT2D eigenvalue weighted by Gasteiger charge is -2.32. The summed E-state index contributed by atoms with van der Waals surface area (Å²) in [5, 5.41) is 3.87. The molecular weight excluding hydrogens is 256 g/mol. The fourth-order valence-corrected chi connectivity index (χ4v) is 5.36. The second kappa shape index (κ2) is 5.72. The largest absolute Gasteiger partial charge is 0.313 e. The SMILES string of the molecule is CCNC(C1CCCc2cccnc21)C1C2CCCCC21. The van der Waals surface area contributed by atoms with Crippen molar-refractivity contribution in [2.75, 3.05) is 6.54 Å². The van der Waals surface area contributed by atoms with E-state index in [2.05, 4.69) is 24.4 Å². The van der Waals surface area contributed by atoms with Crippen LogP contribution in [-0.4, -0.2) is 17.6 Å². The van der Waals surface area contributed by atoms with Crippen molar-refractivity contribution in [3.63, 3.8) is 0 Å². The van der Waals surface area contributed by atoms with Crippen LogP contribution in [0, 0.1) is 17.8 Å². The Morgan fingerprint density at radius 3 is 2.76 bits per heavy atom. The van der Waals surface area contributed by atoms with Crippen molar-refractivity contribution < 1.29 is 0 Å². The van der Waals surface area contributed by atoms with E-state index >= 15 is 0 Å². The summed E-state index contributed by atoms with van der Waals surface area (Å²) in [6.07, 6.45) is 11.8. The van der Waals surface area contributed by atoms with Crippen LogP contribution in [0.1, 0.15) is 62.6 Å². The molecule has 2 fully saturated rings. The number of nitrogens with one attached hydrogen (secondary N) is 1. The normalized spacial score (nSPS) is 35.7. The van der Waals surface area contributed by atoms with Gasteiger partial charge < -0.3 is 5.32 Å². The molecule has 0 radical (unpaired) electrons. The Labute approximate surface area is 128 Å². The maximum absolute atomic E-state index is 4.79. The molecule has 2 nitrogen and oxygen atoms in total. The molecule has 4 atom stereocenters. The molecular formula is C19H28N2. The van der Waals surface area contributed by atoms with E-state index in [1.54, 1.807) is 0 Å². The molecule has 0 aliphatic heterocycles. The molecule has 114 valence electrons. The summed E-state index contributed by atoms with van der Waals surface area (Å²) in [5.41, 5.74) is 2.93. The highest BCUT2D eigenvalue weighted by molar-refractivity contribution is 5.28. The molecule has 1 heterocycles. The molecule has 1 aromatic heterocycles. The molecule has 0 aromatic carbocycles. The smallest absolute Gasteiger partial charge is 0.0482 e. The first kappa shape index (κ1) is 13.8. The first-order valence-electron chi connectivity index (χ1n) is 9.07. The van der Waals surface area contributed by atoms with Gasteiger partial charge in [-0.25, -0.2) is 0 Å². The first-order valence-corrected chi connectivity index (χ1v) is 9.07. The third-order valence-corrected chi connectivity index (χ3v) is 6.25. The number of hydrogen-bond donors (Lipinski definition) is 1. The molecule has 0 amide bonds. The van der Waals surface area contributed by atoms with Gasteiger partial charge in [0.1, 0.15) is 0 Å². The van der Waals surface area contributed by atoms with E-state index in [0.29, 0.717) is 12.0 Å². The van der Waals surface area contributed by atoms with Gasteiger partial charge in [-0.15, -0.1) is 0 Å². The number of aromatic nitrogens is 1. The van der Waals surface area contributed by atoms with Crippen LogP contribution in [0.3, 0.4) is 0 Å². The maximum atomic E-state index is 4.79. The fourth-order valence-electron chi connectivity index (χ4n) is 5.36. The highest BCUT2D eigenvalue weighted by Crippen LogP contribution is 2.59. The van der Waals surface area contributed by atoms with E-state index in [-0.39, 0.29) is 0 Å². The lowest BCUT2D eigenvalue weighted by atomic mass is 9.79. The number of rotatable bonds is 4. The van der Waals surface area contributed by atoms with Gasteiger partial charge in [-0.3, -0.25) is 4.98 Å². The quantitative estimate of drug-likeness (QED) is 0.906. The van der Waals surface area contributed by atoms with Gasteiger partial charge in [-0.2, -0.15) is 0 Å². The van der Waals surface area contributed by atoms with Crippen molar-refractivity contribution in [2.45, 2.75) is 63.8 Å². The second-order valence-electron chi connectivity index (χ2n) is 7.32. The summed E-state index contributed by atoms with van der Waals surface area (Å²) >= 11 is 0. The Morgan fingerprint density at radius 2 is 2.00 bits per heavy atom. The van der Waals surface area contributed by atoms with Crippen LogP contribution in [0.5, 0.6) is 0 Å². The number of fused-ring (bicyclic) bond motifs is 2. The molecule has 0 saturated heterocycles. The molecule has 4 unspecified atom stereocenters. The van der Waals surface area contributed by atoms with Crippen molar-refractivity contribution in [3.8, 4) is 0 Å².